The summed E-state index contributed by atoms with van der Waals surface area (Å²) < 4.78 is 0. The second-order valence-electron chi connectivity index (χ2n) is 8.52. The summed E-state index contributed by atoms with van der Waals surface area (Å²) in [6.07, 6.45) is 7.89. The van der Waals surface area contributed by atoms with E-state index in [4.69, 9.17) is 5.11 Å². The van der Waals surface area contributed by atoms with E-state index in [1.165, 1.54) is 31.3 Å². The molecule has 0 aromatic heterocycles. The van der Waals surface area contributed by atoms with Gasteiger partial charge in [-0.3, -0.25) is 0 Å². The summed E-state index contributed by atoms with van der Waals surface area (Å²) in [6.45, 7) is 11.0. The Labute approximate surface area is 141 Å². The first-order valence-electron chi connectivity index (χ1n) is 9.02. The SMILES string of the molecule is C=C1CC[C@H]2C(C)(C)CCC[C@]2(C)[C@H]1CC=C(CO)[C@@H](O)CO. The number of aliphatic hydroxyl groups is 3. The van der Waals surface area contributed by atoms with E-state index in [0.29, 0.717) is 22.8 Å². The topological polar surface area (TPSA) is 60.7 Å². The maximum Gasteiger partial charge on any atom is 0.100 e. The average molecular weight is 322 g/mol. The molecule has 2 aliphatic carbocycles. The van der Waals surface area contributed by atoms with Crippen molar-refractivity contribution in [1.82, 2.24) is 0 Å². The molecule has 0 bridgehead atoms. The molecule has 3 nitrogen and oxygen atoms in total. The van der Waals surface area contributed by atoms with Gasteiger partial charge < -0.3 is 15.3 Å². The zero-order valence-corrected chi connectivity index (χ0v) is 15.0. The van der Waals surface area contributed by atoms with Gasteiger partial charge in [-0.25, -0.2) is 0 Å². The van der Waals surface area contributed by atoms with Gasteiger partial charge in [0.1, 0.15) is 6.10 Å². The van der Waals surface area contributed by atoms with Gasteiger partial charge in [-0.2, -0.15) is 0 Å². The summed E-state index contributed by atoms with van der Waals surface area (Å²) in [4.78, 5) is 0. The van der Waals surface area contributed by atoms with Crippen LogP contribution in [0, 0.1) is 22.7 Å². The summed E-state index contributed by atoms with van der Waals surface area (Å²) in [5.74, 6) is 1.10. The number of fused-ring (bicyclic) bond motifs is 1. The number of hydrogen-bond acceptors (Lipinski definition) is 3. The number of hydrogen-bond donors (Lipinski definition) is 3. The molecule has 2 fully saturated rings. The van der Waals surface area contributed by atoms with Crippen LogP contribution in [0.4, 0.5) is 0 Å². The Morgan fingerprint density at radius 2 is 2.00 bits per heavy atom. The van der Waals surface area contributed by atoms with Crippen LogP contribution >= 0.6 is 0 Å². The Morgan fingerprint density at radius 1 is 1.30 bits per heavy atom. The lowest BCUT2D eigenvalue weighted by atomic mass is 9.47. The lowest BCUT2D eigenvalue weighted by molar-refractivity contribution is -0.0511. The Balaban J connectivity index is 2.25. The molecule has 0 heterocycles. The van der Waals surface area contributed by atoms with Gasteiger partial charge in [0.05, 0.1) is 13.2 Å². The third kappa shape index (κ3) is 3.57. The van der Waals surface area contributed by atoms with Gasteiger partial charge in [0.25, 0.3) is 0 Å². The molecule has 2 aliphatic rings. The monoisotopic (exact) mass is 322 g/mol. The molecule has 2 rings (SSSR count). The Morgan fingerprint density at radius 3 is 2.61 bits per heavy atom. The minimum absolute atomic E-state index is 0.202. The fourth-order valence-electron chi connectivity index (χ4n) is 5.40. The molecule has 23 heavy (non-hydrogen) atoms. The first-order valence-corrected chi connectivity index (χ1v) is 9.02. The summed E-state index contributed by atoms with van der Waals surface area (Å²) in [7, 11) is 0. The quantitative estimate of drug-likeness (QED) is 0.679. The summed E-state index contributed by atoms with van der Waals surface area (Å²) in [5, 5.41) is 28.3. The van der Waals surface area contributed by atoms with E-state index in [1.54, 1.807) is 0 Å². The predicted molar refractivity (Wildman–Crippen MR) is 94.0 cm³/mol. The maximum atomic E-state index is 9.79. The van der Waals surface area contributed by atoms with Crippen LogP contribution in [0.1, 0.15) is 59.3 Å². The van der Waals surface area contributed by atoms with E-state index >= 15 is 0 Å². The van der Waals surface area contributed by atoms with Gasteiger partial charge >= 0.3 is 0 Å². The highest BCUT2D eigenvalue weighted by Gasteiger charge is 2.52. The van der Waals surface area contributed by atoms with Gasteiger partial charge in [0.15, 0.2) is 0 Å². The standard InChI is InChI=1S/C20H34O3/c1-14-6-9-18-19(2,3)10-5-11-20(18,4)16(14)8-7-15(12-21)17(23)13-22/h7,16-18,21-23H,1,5-6,8-13H2,2-4H3/t16-,17-,18-,20+/m0/s1. The fourth-order valence-corrected chi connectivity index (χ4v) is 5.40. The van der Waals surface area contributed by atoms with Gasteiger partial charge in [-0.1, -0.05) is 45.4 Å². The van der Waals surface area contributed by atoms with Crippen LogP contribution in [0.2, 0.25) is 0 Å². The van der Waals surface area contributed by atoms with Crippen molar-refractivity contribution in [3.63, 3.8) is 0 Å². The highest BCUT2D eigenvalue weighted by atomic mass is 16.3. The normalized spacial score (nSPS) is 35.7. The maximum absolute atomic E-state index is 9.79. The highest BCUT2D eigenvalue weighted by molar-refractivity contribution is 5.19. The van der Waals surface area contributed by atoms with Crippen molar-refractivity contribution >= 4 is 0 Å². The average Bonchev–Trinajstić information content (AvgIpc) is 2.48. The lowest BCUT2D eigenvalue weighted by Gasteiger charge is -2.58. The van der Waals surface area contributed by atoms with E-state index in [2.05, 4.69) is 27.4 Å². The molecule has 0 radical (unpaired) electrons. The van der Waals surface area contributed by atoms with Crippen molar-refractivity contribution in [3.8, 4) is 0 Å². The van der Waals surface area contributed by atoms with Crippen molar-refractivity contribution in [2.75, 3.05) is 13.2 Å². The Bertz CT molecular complexity index is 466. The lowest BCUT2D eigenvalue weighted by Crippen LogP contribution is -2.49. The Kier molecular flexibility index (Phi) is 5.76. The molecule has 132 valence electrons. The molecule has 3 heteroatoms. The molecule has 0 aromatic rings. The third-order valence-electron chi connectivity index (χ3n) is 6.72. The molecule has 3 N–H and O–H groups in total. The second-order valence-corrected chi connectivity index (χ2v) is 8.52. The molecule has 0 amide bonds. The highest BCUT2D eigenvalue weighted by Crippen LogP contribution is 2.61. The fraction of sp³-hybridized carbons (Fsp3) is 0.800. The van der Waals surface area contributed by atoms with Gasteiger partial charge in [-0.05, 0) is 60.3 Å². The molecule has 4 atom stereocenters. The van der Waals surface area contributed by atoms with Crippen molar-refractivity contribution in [2.45, 2.75) is 65.4 Å². The molecule has 0 unspecified atom stereocenters. The van der Waals surface area contributed by atoms with Crippen molar-refractivity contribution in [1.29, 1.82) is 0 Å². The van der Waals surface area contributed by atoms with Crippen LogP contribution in [0.3, 0.4) is 0 Å². The van der Waals surface area contributed by atoms with Crippen LogP contribution in [0.15, 0.2) is 23.8 Å². The second kappa shape index (κ2) is 7.08. The molecule has 0 saturated heterocycles. The molecular formula is C20H34O3. The number of allylic oxidation sites excluding steroid dienone is 2. The van der Waals surface area contributed by atoms with Crippen LogP contribution in [-0.2, 0) is 0 Å². The van der Waals surface area contributed by atoms with E-state index in [1.807, 2.05) is 6.08 Å². The van der Waals surface area contributed by atoms with Gasteiger partial charge in [0, 0.05) is 0 Å². The van der Waals surface area contributed by atoms with Crippen LogP contribution in [0.5, 0.6) is 0 Å². The third-order valence-corrected chi connectivity index (χ3v) is 6.72. The first kappa shape index (κ1) is 18.7. The van der Waals surface area contributed by atoms with Crippen molar-refractivity contribution in [2.24, 2.45) is 22.7 Å². The zero-order chi connectivity index (χ0) is 17.3. The molecule has 0 aromatic carbocycles. The Hall–Kier alpha value is -0.640. The first-order chi connectivity index (χ1) is 10.8. The van der Waals surface area contributed by atoms with Crippen molar-refractivity contribution in [3.05, 3.63) is 23.8 Å². The number of aliphatic hydroxyl groups excluding tert-OH is 3. The number of rotatable bonds is 5. The van der Waals surface area contributed by atoms with Crippen LogP contribution in [0.25, 0.3) is 0 Å². The van der Waals surface area contributed by atoms with Crippen LogP contribution in [-0.4, -0.2) is 34.6 Å². The van der Waals surface area contributed by atoms with Crippen molar-refractivity contribution < 1.29 is 15.3 Å². The molecule has 2 saturated carbocycles. The largest absolute Gasteiger partial charge is 0.393 e. The summed E-state index contributed by atoms with van der Waals surface area (Å²) >= 11 is 0. The minimum atomic E-state index is -0.955. The summed E-state index contributed by atoms with van der Waals surface area (Å²) in [6, 6.07) is 0. The van der Waals surface area contributed by atoms with E-state index in [-0.39, 0.29) is 18.6 Å². The molecular weight excluding hydrogens is 288 g/mol. The zero-order valence-electron chi connectivity index (χ0n) is 15.0. The molecule has 0 spiro atoms. The minimum Gasteiger partial charge on any atom is -0.393 e. The smallest absolute Gasteiger partial charge is 0.100 e. The van der Waals surface area contributed by atoms with E-state index in [0.717, 1.165) is 12.8 Å². The molecule has 0 aliphatic heterocycles. The van der Waals surface area contributed by atoms with Gasteiger partial charge in [-0.15, -0.1) is 0 Å². The van der Waals surface area contributed by atoms with Gasteiger partial charge in [0.2, 0.25) is 0 Å². The summed E-state index contributed by atoms with van der Waals surface area (Å²) in [5.41, 5.74) is 2.47. The predicted octanol–water partition coefficient (Wildman–Crippen LogP) is 3.45. The van der Waals surface area contributed by atoms with E-state index in [9.17, 15) is 10.2 Å². The van der Waals surface area contributed by atoms with Crippen LogP contribution < -0.4 is 0 Å². The van der Waals surface area contributed by atoms with E-state index < -0.39 is 6.10 Å².